The molecule has 5 aromatic heterocycles. The molecule has 26 aromatic rings. The molecule has 0 amide bonds. The summed E-state index contributed by atoms with van der Waals surface area (Å²) >= 11 is 0. The van der Waals surface area contributed by atoms with Gasteiger partial charge in [0.25, 0.3) is 0 Å². The Hall–Kier alpha value is -17.4. The van der Waals surface area contributed by atoms with Gasteiger partial charge in [-0.15, -0.1) is 0 Å². The van der Waals surface area contributed by atoms with E-state index in [4.69, 9.17) is 0 Å². The fourth-order valence-electron chi connectivity index (χ4n) is 21.9. The van der Waals surface area contributed by atoms with Crippen LogP contribution < -0.4 is 0 Å². The average Bonchev–Trinajstić information content (AvgIpc) is 1.51. The molecule has 1 aliphatic rings. The molecule has 0 spiro atoms. The van der Waals surface area contributed by atoms with Gasteiger partial charge in [0.15, 0.2) is 0 Å². The van der Waals surface area contributed by atoms with Crippen LogP contribution >= 0.6 is 0 Å². The first kappa shape index (κ1) is 75.9. The monoisotopic (exact) mass is 1680 g/mol. The van der Waals surface area contributed by atoms with Crippen LogP contribution in [0.4, 0.5) is 0 Å². The summed E-state index contributed by atoms with van der Waals surface area (Å²) in [6, 6.07) is 185. The van der Waals surface area contributed by atoms with Gasteiger partial charge < -0.3 is 22.8 Å². The molecule has 5 nitrogen and oxygen atoms in total. The quantitative estimate of drug-likeness (QED) is 0.110. The molecule has 0 N–H and O–H groups in total. The summed E-state index contributed by atoms with van der Waals surface area (Å²) in [7, 11) is 0. The van der Waals surface area contributed by atoms with Gasteiger partial charge in [0.05, 0.1) is 60.6 Å². The second-order valence-corrected chi connectivity index (χ2v) is 34.9. The van der Waals surface area contributed by atoms with Gasteiger partial charge in [-0.25, -0.2) is 0 Å². The molecule has 616 valence electrons. The maximum Gasteiger partial charge on any atom is 0.0714 e. The van der Waals surface area contributed by atoms with E-state index in [1.165, 1.54) is 209 Å². The van der Waals surface area contributed by atoms with E-state index in [1.807, 2.05) is 0 Å². The van der Waals surface area contributed by atoms with E-state index in [0.717, 1.165) is 28.4 Å². The highest BCUT2D eigenvalue weighted by atomic mass is 15.0. The summed E-state index contributed by atoms with van der Waals surface area (Å²) in [6.07, 6.45) is 0. The largest absolute Gasteiger partial charge is 0.309 e. The Morgan fingerprint density at radius 3 is 0.780 bits per heavy atom. The number of hydrogen-bond acceptors (Lipinski definition) is 0. The van der Waals surface area contributed by atoms with Crippen molar-refractivity contribution in [2.24, 2.45) is 0 Å². The molecule has 0 atom stereocenters. The summed E-state index contributed by atoms with van der Waals surface area (Å²) in [4.78, 5) is 0. The Balaban J connectivity index is 0.000000139. The lowest BCUT2D eigenvalue weighted by Crippen LogP contribution is -2.28. The molecule has 0 saturated heterocycles. The van der Waals surface area contributed by atoms with Crippen LogP contribution in [0.15, 0.2) is 504 Å². The molecule has 27 rings (SSSR count). The molecular formula is C127H83N5. The Bertz CT molecular complexity index is 8940. The van der Waals surface area contributed by atoms with Crippen LogP contribution in [0.25, 0.3) is 215 Å². The average molecular weight is 1680 g/mol. The Labute approximate surface area is 764 Å². The van der Waals surface area contributed by atoms with Gasteiger partial charge in [-0.05, 0) is 234 Å². The summed E-state index contributed by atoms with van der Waals surface area (Å²) in [5, 5.41) is 12.4. The molecule has 1 aliphatic carbocycles. The highest BCUT2D eigenvalue weighted by Gasteiger charge is 2.47. The van der Waals surface area contributed by atoms with Gasteiger partial charge in [-0.2, -0.15) is 0 Å². The van der Waals surface area contributed by atoms with E-state index in [-0.39, 0.29) is 0 Å². The zero-order valence-corrected chi connectivity index (χ0v) is 72.2. The van der Waals surface area contributed by atoms with E-state index in [2.05, 4.69) is 526 Å². The second kappa shape index (κ2) is 31.0. The van der Waals surface area contributed by atoms with Crippen molar-refractivity contribution in [3.63, 3.8) is 0 Å². The first-order valence-corrected chi connectivity index (χ1v) is 45.6. The minimum Gasteiger partial charge on any atom is -0.309 e. The van der Waals surface area contributed by atoms with Gasteiger partial charge in [-0.3, -0.25) is 0 Å². The third-order valence-corrected chi connectivity index (χ3v) is 27.9. The number of nitrogens with zero attached hydrogens (tertiary/aromatic N) is 5. The topological polar surface area (TPSA) is 24.6 Å². The van der Waals surface area contributed by atoms with Crippen LogP contribution in [0.5, 0.6) is 0 Å². The van der Waals surface area contributed by atoms with Gasteiger partial charge in [0.2, 0.25) is 0 Å². The molecule has 0 radical (unpaired) electrons. The van der Waals surface area contributed by atoms with Gasteiger partial charge in [0.1, 0.15) is 0 Å². The van der Waals surface area contributed by atoms with Crippen molar-refractivity contribution in [2.75, 3.05) is 0 Å². The maximum absolute atomic E-state index is 2.53. The predicted molar refractivity (Wildman–Crippen MR) is 554 cm³/mol. The van der Waals surface area contributed by atoms with Gasteiger partial charge in [0, 0.05) is 87.9 Å². The van der Waals surface area contributed by atoms with Crippen molar-refractivity contribution < 1.29 is 0 Å². The summed E-state index contributed by atoms with van der Waals surface area (Å²) in [5.41, 5.74) is 39.3. The summed E-state index contributed by atoms with van der Waals surface area (Å²) in [6.45, 7) is 0. The Kier molecular flexibility index (Phi) is 17.8. The van der Waals surface area contributed by atoms with Crippen LogP contribution in [0.2, 0.25) is 0 Å². The predicted octanol–water partition coefficient (Wildman–Crippen LogP) is 33.2. The molecule has 0 saturated carbocycles. The van der Waals surface area contributed by atoms with Crippen molar-refractivity contribution in [1.29, 1.82) is 0 Å². The van der Waals surface area contributed by atoms with E-state index >= 15 is 0 Å². The molecule has 5 heterocycles. The molecule has 132 heavy (non-hydrogen) atoms. The van der Waals surface area contributed by atoms with Gasteiger partial charge >= 0.3 is 0 Å². The van der Waals surface area contributed by atoms with Gasteiger partial charge in [-0.1, -0.05) is 364 Å². The molecular weight excluding hydrogens is 1600 g/mol. The second-order valence-electron chi connectivity index (χ2n) is 34.9. The molecule has 21 aromatic carbocycles. The highest BCUT2D eigenvalue weighted by molar-refractivity contribution is 6.21. The summed E-state index contributed by atoms with van der Waals surface area (Å²) in [5.74, 6) is 0. The lowest BCUT2D eigenvalue weighted by molar-refractivity contribution is 0.769. The van der Waals surface area contributed by atoms with Crippen molar-refractivity contribution in [1.82, 2.24) is 22.8 Å². The number of hydrogen-bond donors (Lipinski definition) is 0. The van der Waals surface area contributed by atoms with Crippen LogP contribution in [-0.4, -0.2) is 22.8 Å². The van der Waals surface area contributed by atoms with E-state index in [1.54, 1.807) is 0 Å². The Morgan fingerprint density at radius 1 is 0.136 bits per heavy atom. The van der Waals surface area contributed by atoms with Crippen LogP contribution in [-0.2, 0) is 5.41 Å². The van der Waals surface area contributed by atoms with Crippen molar-refractivity contribution in [2.45, 2.75) is 5.41 Å². The van der Waals surface area contributed by atoms with E-state index < -0.39 is 5.41 Å². The molecule has 0 aliphatic heterocycles. The third-order valence-electron chi connectivity index (χ3n) is 27.9. The van der Waals surface area contributed by atoms with Crippen molar-refractivity contribution in [3.8, 4) is 106 Å². The van der Waals surface area contributed by atoms with Crippen LogP contribution in [0.1, 0.15) is 22.3 Å². The first-order chi connectivity index (χ1) is 65.5. The fraction of sp³-hybridized carbons (Fsp3) is 0.00787. The Morgan fingerprint density at radius 2 is 0.394 bits per heavy atom. The standard InChI is InChI=1S/C67H44N2.C60H39N3/c1-5-17-45(18-6-1)47-29-35-53(36-30-47)68-62-28-16-14-25-55(62)58-43-49(33-41-63(58)68)50-34-42-64-59(44-50)56-39-40-61-65(66(56)69(64)54-37-31-48(32-38-54)46-19-7-2-8-20-46)57-26-13-15-27-60(57)67(61,51-21-9-3-10-22-51)52-23-11-4-12-24-52;1-4-14-40(15-5-1)42-24-30-47(31-25-42)61-55-22-12-10-20-49(55)51-36-44(28-34-57(51)61)45-29-35-58-52(37-45)54-38-53-50-21-11-13-23-56(50)62(46-18-8-3-9-19-46)59(53)39-60(54)63(58)48-32-26-43(27-33-48)41-16-6-2-7-17-41/h1-44H;1-39H. The SMILES string of the molecule is c1ccc(-c2ccc(-n3c4ccccc4c4cc(-c5ccc6c(c5)c5cc7c8ccccc8n(-c8ccccc8)c7cc5n6-c5ccc(-c6ccccc6)cc5)ccc43)cc2)cc1.c1ccc(-c2ccc(-n3c4ccccc4c4cc(-c5ccc6c(c5)c5ccc7c(c5n6-c5ccc(-c6ccccc6)cc5)-c5ccccc5C7(c5ccccc5)c5ccccc5)ccc43)cc2)cc1. The number of para-hydroxylation sites is 4. The number of fused-ring (bicyclic) bond motifs is 19. The third kappa shape index (κ3) is 12.2. The number of rotatable bonds is 13. The van der Waals surface area contributed by atoms with E-state index in [0.29, 0.717) is 0 Å². The fourth-order valence-corrected chi connectivity index (χ4v) is 21.9. The van der Waals surface area contributed by atoms with Crippen LogP contribution in [0, 0.1) is 0 Å². The molecule has 5 heteroatoms. The van der Waals surface area contributed by atoms with Crippen LogP contribution in [0.3, 0.4) is 0 Å². The van der Waals surface area contributed by atoms with Crippen molar-refractivity contribution in [3.05, 3.63) is 526 Å². The molecule has 0 fully saturated rings. The lowest BCUT2D eigenvalue weighted by Gasteiger charge is -2.33. The highest BCUT2D eigenvalue weighted by Crippen LogP contribution is 2.59. The molecule has 0 unspecified atom stereocenters. The number of benzene rings is 21. The van der Waals surface area contributed by atoms with Crippen molar-refractivity contribution >= 4 is 109 Å². The molecule has 0 bridgehead atoms. The normalized spacial score (nSPS) is 12.3. The minimum absolute atomic E-state index is 0.509. The number of aromatic nitrogens is 5. The van der Waals surface area contributed by atoms with E-state index in [9.17, 15) is 0 Å². The smallest absolute Gasteiger partial charge is 0.0714 e. The maximum atomic E-state index is 2.53. The first-order valence-electron chi connectivity index (χ1n) is 45.6. The lowest BCUT2D eigenvalue weighted by atomic mass is 9.67. The minimum atomic E-state index is -0.509. The zero-order chi connectivity index (χ0) is 86.9. The summed E-state index contributed by atoms with van der Waals surface area (Å²) < 4.78 is 12.2. The zero-order valence-electron chi connectivity index (χ0n) is 72.2.